The second-order valence-corrected chi connectivity index (χ2v) is 7.69. The van der Waals surface area contributed by atoms with Crippen LogP contribution in [0.25, 0.3) is 0 Å². The number of sulfone groups is 1. The average Bonchev–Trinajstić information content (AvgIpc) is 2.77. The quantitative estimate of drug-likeness (QED) is 0.849. The molecule has 2 unspecified atom stereocenters. The van der Waals surface area contributed by atoms with Gasteiger partial charge in [0.2, 0.25) is 5.91 Å². The minimum absolute atomic E-state index is 0.0546. The predicted octanol–water partition coefficient (Wildman–Crippen LogP) is 0.889. The highest BCUT2D eigenvalue weighted by molar-refractivity contribution is 7.91. The van der Waals surface area contributed by atoms with Crippen molar-refractivity contribution in [1.82, 2.24) is 5.32 Å². The summed E-state index contributed by atoms with van der Waals surface area (Å²) in [5.41, 5.74) is 2.00. The van der Waals surface area contributed by atoms with Crippen molar-refractivity contribution in [1.29, 1.82) is 0 Å². The van der Waals surface area contributed by atoms with Gasteiger partial charge in [0.1, 0.15) is 0 Å². The highest BCUT2D eigenvalue weighted by Gasteiger charge is 2.32. The Morgan fingerprint density at radius 2 is 2.05 bits per heavy atom. The molecule has 2 atom stereocenters. The third-order valence-electron chi connectivity index (χ3n) is 3.98. The van der Waals surface area contributed by atoms with E-state index in [-0.39, 0.29) is 29.4 Å². The molecule has 5 nitrogen and oxygen atoms in total. The molecule has 0 bridgehead atoms. The number of anilines is 1. The van der Waals surface area contributed by atoms with Crippen molar-refractivity contribution in [2.75, 3.05) is 23.4 Å². The van der Waals surface area contributed by atoms with Crippen LogP contribution < -0.4 is 10.6 Å². The van der Waals surface area contributed by atoms with Crippen molar-refractivity contribution in [3.63, 3.8) is 0 Å². The summed E-state index contributed by atoms with van der Waals surface area (Å²) >= 11 is 0. The van der Waals surface area contributed by atoms with E-state index in [2.05, 4.69) is 10.6 Å². The van der Waals surface area contributed by atoms with Crippen molar-refractivity contribution < 1.29 is 13.2 Å². The molecule has 0 radical (unpaired) electrons. The topological polar surface area (TPSA) is 75.3 Å². The number of hydrogen-bond acceptors (Lipinski definition) is 4. The van der Waals surface area contributed by atoms with Crippen LogP contribution in [0.4, 0.5) is 5.69 Å². The van der Waals surface area contributed by atoms with E-state index in [1.807, 2.05) is 24.3 Å². The Hall–Kier alpha value is -1.56. The van der Waals surface area contributed by atoms with Gasteiger partial charge in [-0.2, -0.15) is 0 Å². The zero-order valence-corrected chi connectivity index (χ0v) is 11.9. The molecular formula is C14H18N2O3S. The van der Waals surface area contributed by atoms with Crippen LogP contribution in [0.3, 0.4) is 0 Å². The van der Waals surface area contributed by atoms with Gasteiger partial charge < -0.3 is 10.6 Å². The van der Waals surface area contributed by atoms with Crippen LogP contribution in [-0.2, 0) is 14.6 Å². The molecule has 3 rings (SSSR count). The zero-order valence-electron chi connectivity index (χ0n) is 11.1. The Balaban J connectivity index is 1.73. The van der Waals surface area contributed by atoms with E-state index >= 15 is 0 Å². The first kappa shape index (κ1) is 13.4. The van der Waals surface area contributed by atoms with Crippen LogP contribution >= 0.6 is 0 Å². The summed E-state index contributed by atoms with van der Waals surface area (Å²) < 4.78 is 22.9. The zero-order chi connectivity index (χ0) is 14.2. The second-order valence-electron chi connectivity index (χ2n) is 5.46. The smallest absolute Gasteiger partial charge is 0.227 e. The summed E-state index contributed by atoms with van der Waals surface area (Å²) in [5, 5.41) is 6.18. The molecular weight excluding hydrogens is 276 g/mol. The number of carbonyl (C=O) groups excluding carboxylic acids is 1. The number of carbonyl (C=O) groups is 1. The van der Waals surface area contributed by atoms with E-state index < -0.39 is 9.84 Å². The van der Waals surface area contributed by atoms with Crippen molar-refractivity contribution >= 4 is 21.4 Å². The molecule has 1 saturated heterocycles. The maximum Gasteiger partial charge on any atom is 0.227 e. The van der Waals surface area contributed by atoms with Crippen molar-refractivity contribution in [2.45, 2.75) is 24.8 Å². The largest absolute Gasteiger partial charge is 0.385 e. The number of fused-ring (bicyclic) bond motifs is 1. The molecule has 2 N–H and O–H groups in total. The van der Waals surface area contributed by atoms with Gasteiger partial charge in [0.15, 0.2) is 9.84 Å². The van der Waals surface area contributed by atoms with Gasteiger partial charge in [-0.3, -0.25) is 4.79 Å². The lowest BCUT2D eigenvalue weighted by atomic mass is 9.90. The Kier molecular flexibility index (Phi) is 3.41. The number of nitrogens with one attached hydrogen (secondary N) is 2. The molecule has 1 fully saturated rings. The highest BCUT2D eigenvalue weighted by atomic mass is 32.2. The lowest BCUT2D eigenvalue weighted by Gasteiger charge is -2.26. The number of benzene rings is 1. The second kappa shape index (κ2) is 5.09. The molecule has 0 aliphatic carbocycles. The summed E-state index contributed by atoms with van der Waals surface area (Å²) in [6, 6.07) is 7.56. The molecule has 20 heavy (non-hydrogen) atoms. The van der Waals surface area contributed by atoms with Crippen LogP contribution in [0, 0.1) is 0 Å². The molecule has 1 aromatic rings. The summed E-state index contributed by atoms with van der Waals surface area (Å²) in [6.45, 7) is 0.762. The summed E-state index contributed by atoms with van der Waals surface area (Å²) in [4.78, 5) is 12.4. The van der Waals surface area contributed by atoms with Gasteiger partial charge in [-0.25, -0.2) is 8.42 Å². The van der Waals surface area contributed by atoms with Gasteiger partial charge >= 0.3 is 0 Å². The van der Waals surface area contributed by atoms with Crippen LogP contribution in [0.1, 0.15) is 24.3 Å². The molecule has 1 aromatic carbocycles. The maximum absolute atomic E-state index is 12.4. The van der Waals surface area contributed by atoms with Crippen LogP contribution in [0.5, 0.6) is 0 Å². The normalized spacial score (nSPS) is 27.4. The predicted molar refractivity (Wildman–Crippen MR) is 77.5 cm³/mol. The highest BCUT2D eigenvalue weighted by Crippen LogP contribution is 2.31. The molecule has 0 saturated carbocycles. The SMILES string of the molecule is O=C(NC1CCS(=O)(=O)C1)C1CCNc2ccccc21. The standard InChI is InChI=1S/C14H18N2O3S/c17-14(16-10-6-8-20(18,19)9-10)12-5-7-15-13-4-2-1-3-11(12)13/h1-4,10,12,15H,5-9H2,(H,16,17). The van der Waals surface area contributed by atoms with Crippen LogP contribution in [0.2, 0.25) is 0 Å². The Morgan fingerprint density at radius 3 is 2.80 bits per heavy atom. The average molecular weight is 294 g/mol. The lowest BCUT2D eigenvalue weighted by molar-refractivity contribution is -0.123. The van der Waals surface area contributed by atoms with Gasteiger partial charge in [0.05, 0.1) is 17.4 Å². The molecule has 0 spiro atoms. The van der Waals surface area contributed by atoms with Gasteiger partial charge in [0.25, 0.3) is 0 Å². The molecule has 2 heterocycles. The molecule has 1 amide bonds. The maximum atomic E-state index is 12.4. The van der Waals surface area contributed by atoms with E-state index in [1.54, 1.807) is 0 Å². The fourth-order valence-corrected chi connectivity index (χ4v) is 4.62. The Bertz CT molecular complexity index is 627. The van der Waals surface area contributed by atoms with Crippen molar-refractivity contribution in [3.8, 4) is 0 Å². The monoisotopic (exact) mass is 294 g/mol. The van der Waals surface area contributed by atoms with Crippen molar-refractivity contribution in [3.05, 3.63) is 29.8 Å². The fourth-order valence-electron chi connectivity index (χ4n) is 2.95. The van der Waals surface area contributed by atoms with Crippen LogP contribution in [-0.4, -0.2) is 38.4 Å². The molecule has 2 aliphatic rings. The van der Waals surface area contributed by atoms with E-state index in [1.165, 1.54) is 0 Å². The molecule has 0 aromatic heterocycles. The first-order chi connectivity index (χ1) is 9.55. The third-order valence-corrected chi connectivity index (χ3v) is 5.75. The minimum Gasteiger partial charge on any atom is -0.385 e. The molecule has 6 heteroatoms. The van der Waals surface area contributed by atoms with Crippen LogP contribution in [0.15, 0.2) is 24.3 Å². The van der Waals surface area contributed by atoms with Gasteiger partial charge in [-0.15, -0.1) is 0 Å². The van der Waals surface area contributed by atoms with Gasteiger partial charge in [0, 0.05) is 18.3 Å². The van der Waals surface area contributed by atoms with Crippen molar-refractivity contribution in [2.24, 2.45) is 0 Å². The summed E-state index contributed by atoms with van der Waals surface area (Å²) in [5.74, 6) is 0.0170. The summed E-state index contributed by atoms with van der Waals surface area (Å²) in [6.07, 6.45) is 1.27. The van der Waals surface area contributed by atoms with Gasteiger partial charge in [-0.1, -0.05) is 18.2 Å². The fraction of sp³-hybridized carbons (Fsp3) is 0.500. The number of rotatable bonds is 2. The molecule has 2 aliphatic heterocycles. The first-order valence-corrected chi connectivity index (χ1v) is 8.71. The number of amides is 1. The molecule has 108 valence electrons. The third kappa shape index (κ3) is 2.65. The summed E-state index contributed by atoms with van der Waals surface area (Å²) in [7, 11) is -2.96. The van der Waals surface area contributed by atoms with E-state index in [0.29, 0.717) is 6.42 Å². The first-order valence-electron chi connectivity index (χ1n) is 6.89. The minimum atomic E-state index is -2.96. The number of para-hydroxylation sites is 1. The Labute approximate surface area is 118 Å². The van der Waals surface area contributed by atoms with E-state index in [9.17, 15) is 13.2 Å². The number of hydrogen-bond donors (Lipinski definition) is 2. The van der Waals surface area contributed by atoms with Gasteiger partial charge in [-0.05, 0) is 24.5 Å². The van der Waals surface area contributed by atoms with E-state index in [4.69, 9.17) is 0 Å². The Morgan fingerprint density at radius 1 is 1.25 bits per heavy atom. The van der Waals surface area contributed by atoms with E-state index in [0.717, 1.165) is 24.2 Å². The lowest BCUT2D eigenvalue weighted by Crippen LogP contribution is -2.40.